The highest BCUT2D eigenvalue weighted by Gasteiger charge is 2.58. The van der Waals surface area contributed by atoms with E-state index in [1.54, 1.807) is 56.9 Å². The summed E-state index contributed by atoms with van der Waals surface area (Å²) in [5, 5.41) is 2.74. The number of methoxy groups -OCH3 is 15. The minimum absolute atomic E-state index is 0.0292. The predicted molar refractivity (Wildman–Crippen MR) is 324 cm³/mol. The lowest BCUT2D eigenvalue weighted by Crippen LogP contribution is -2.68. The second-order valence-electron chi connectivity index (χ2n) is 22.3. The van der Waals surface area contributed by atoms with Crippen LogP contribution in [-0.4, -0.2) is 385 Å². The molecule has 5 aliphatic rings. The van der Waals surface area contributed by atoms with Crippen LogP contribution in [0.25, 0.3) is 0 Å². The summed E-state index contributed by atoms with van der Waals surface area (Å²) in [5.41, 5.74) is 0. The van der Waals surface area contributed by atoms with Gasteiger partial charge in [0.15, 0.2) is 31.5 Å². The van der Waals surface area contributed by atoms with Crippen LogP contribution >= 0.6 is 0 Å². The number of nitrogens with one attached hydrogen (secondary N) is 1. The van der Waals surface area contributed by atoms with E-state index in [1.807, 2.05) is 13.8 Å². The molecule has 94 heavy (non-hydrogen) atoms. The van der Waals surface area contributed by atoms with Crippen LogP contribution in [0.1, 0.15) is 13.8 Å². The van der Waals surface area contributed by atoms with Crippen molar-refractivity contribution in [2.45, 2.75) is 167 Å². The highest BCUT2D eigenvalue weighted by Crippen LogP contribution is 2.40. The van der Waals surface area contributed by atoms with E-state index in [0.717, 1.165) is 0 Å². The Morgan fingerprint density at radius 2 is 0.585 bits per heavy atom. The molecule has 0 saturated carbocycles. The minimum Gasteiger partial charge on any atom is -0.382 e. The van der Waals surface area contributed by atoms with Crippen molar-refractivity contribution in [1.29, 1.82) is 0 Å². The summed E-state index contributed by atoms with van der Waals surface area (Å²) in [4.78, 5) is 12.0. The van der Waals surface area contributed by atoms with Crippen molar-refractivity contribution in [3.8, 4) is 0 Å². The normalized spacial score (nSPS) is 36.5. The monoisotopic (exact) mass is 1370 g/mol. The SMILES string of the molecule is COCCOCCOCCOCC(=O)NCCOCCOCCOCCO[C@H]1[C@H](OC)[C@@H](OC)[C@@H](O[C@H]2[C@H](OC)[C@@H](OC)[C@H](O[C@H]3[C@H](OC)[C@@H](OC)[C@@H](O[C@H]4[C@H](OC)[C@@H](OC)[C@H](O[C@H]5[C@H](OC)[C@@H](OC)[C@@H](OC)O[C@@H]5COC)O[C@H]4C)O[C@@H]3COC)O[C@@H]2C)O[C@@H]1COC. The zero-order valence-corrected chi connectivity index (χ0v) is 58.2. The van der Waals surface area contributed by atoms with Crippen molar-refractivity contribution in [3.05, 3.63) is 0 Å². The van der Waals surface area contributed by atoms with Crippen molar-refractivity contribution >= 4 is 5.91 Å². The fourth-order valence-corrected chi connectivity index (χ4v) is 12.1. The number of rotatable bonds is 49. The largest absolute Gasteiger partial charge is 0.382 e. The van der Waals surface area contributed by atoms with Crippen LogP contribution in [0.3, 0.4) is 0 Å². The first-order valence-corrected chi connectivity index (χ1v) is 31.8. The Morgan fingerprint density at radius 1 is 0.287 bits per heavy atom. The van der Waals surface area contributed by atoms with Gasteiger partial charge in [-0.15, -0.1) is 0 Å². The molecule has 0 aromatic rings. The van der Waals surface area contributed by atoms with Gasteiger partial charge in [0.1, 0.15) is 116 Å². The summed E-state index contributed by atoms with van der Waals surface area (Å²) in [6.07, 6.45) is -20.5. The lowest BCUT2D eigenvalue weighted by atomic mass is 9.95. The standard InChI is InChI=1S/C61H113NO32/c1-36-42(91-60-55(76-15)49(70-9)44(38(89-60)32-65-4)85-31-30-83-27-26-81-23-22-79-19-18-62-41(63)35-84-29-28-82-25-24-80-21-20-64-3)47(68-7)54(75-14)59(87-36)94-46-40(34-67-6)90-61(56(77-16)51(46)72-11)92-43-37(2)86-58(53(74-13)48(43)69-8)93-45-39(33-66-5)88-57(78-17)52(73-12)50(45)71-10/h36-40,42-61H,18-35H2,1-17H3,(H,62,63)/t36-,37+,38-,39-,40-,42-,43-,44-,45-,46-,47+,48+,49+,50+,51+,52-,53-,54-,55-,56-,57+,58+,59+,60-,61-/m1/s1. The maximum atomic E-state index is 12.0. The van der Waals surface area contributed by atoms with Crippen molar-refractivity contribution in [1.82, 2.24) is 5.32 Å². The third-order valence-electron chi connectivity index (χ3n) is 16.6. The molecule has 0 unspecified atom stereocenters. The topological polar surface area (TPSA) is 315 Å². The highest BCUT2D eigenvalue weighted by molar-refractivity contribution is 5.77. The average molecular weight is 1370 g/mol. The Balaban J connectivity index is 1.13. The molecule has 0 spiro atoms. The molecular weight excluding hydrogens is 1260 g/mol. The van der Waals surface area contributed by atoms with Crippen LogP contribution in [0.2, 0.25) is 0 Å². The molecule has 25 atom stereocenters. The number of hydrogen-bond donors (Lipinski definition) is 1. The summed E-state index contributed by atoms with van der Waals surface area (Å²) in [5.74, 6) is -0.243. The molecule has 554 valence electrons. The van der Waals surface area contributed by atoms with E-state index in [4.69, 9.17) is 147 Å². The number of amides is 1. The van der Waals surface area contributed by atoms with Crippen LogP contribution in [0, 0.1) is 0 Å². The van der Waals surface area contributed by atoms with Gasteiger partial charge in [0.05, 0.1) is 118 Å². The summed E-state index contributed by atoms with van der Waals surface area (Å²) in [6, 6.07) is 0. The molecule has 33 nitrogen and oxygen atoms in total. The number of carbonyl (C=O) groups is 1. The Bertz CT molecular complexity index is 1930. The first-order chi connectivity index (χ1) is 45.8. The Morgan fingerprint density at radius 3 is 0.957 bits per heavy atom. The van der Waals surface area contributed by atoms with Crippen molar-refractivity contribution < 1.29 is 152 Å². The minimum atomic E-state index is -1.10. The van der Waals surface area contributed by atoms with Gasteiger partial charge < -0.3 is 152 Å². The predicted octanol–water partition coefficient (Wildman–Crippen LogP) is -0.826. The maximum absolute atomic E-state index is 12.0. The Kier molecular flexibility index (Phi) is 41.1. The molecule has 5 rings (SSSR count). The van der Waals surface area contributed by atoms with Gasteiger partial charge in [-0.25, -0.2) is 0 Å². The number of carbonyl (C=O) groups excluding carboxylic acids is 1. The number of hydrogen-bond acceptors (Lipinski definition) is 32. The molecule has 5 saturated heterocycles. The molecule has 33 heteroatoms. The second-order valence-corrected chi connectivity index (χ2v) is 22.3. The molecule has 5 heterocycles. The van der Waals surface area contributed by atoms with Gasteiger partial charge in [-0.3, -0.25) is 4.79 Å². The third-order valence-corrected chi connectivity index (χ3v) is 16.6. The molecule has 0 radical (unpaired) electrons. The van der Waals surface area contributed by atoms with E-state index in [1.165, 1.54) is 49.8 Å². The molecule has 1 N–H and O–H groups in total. The van der Waals surface area contributed by atoms with Gasteiger partial charge in [0.25, 0.3) is 0 Å². The molecule has 0 aromatic heterocycles. The fourth-order valence-electron chi connectivity index (χ4n) is 12.1. The van der Waals surface area contributed by atoms with Gasteiger partial charge in [-0.05, 0) is 13.8 Å². The third kappa shape index (κ3) is 23.9. The van der Waals surface area contributed by atoms with E-state index >= 15 is 0 Å². The van der Waals surface area contributed by atoms with Gasteiger partial charge in [0, 0.05) is 113 Å². The van der Waals surface area contributed by atoms with E-state index in [9.17, 15) is 4.79 Å². The van der Waals surface area contributed by atoms with Crippen LogP contribution in [0.5, 0.6) is 0 Å². The Labute approximate surface area is 554 Å². The first-order valence-electron chi connectivity index (χ1n) is 31.8. The second kappa shape index (κ2) is 46.6. The van der Waals surface area contributed by atoms with Crippen molar-refractivity contribution in [2.75, 3.05) is 226 Å². The summed E-state index contributed by atoms with van der Waals surface area (Å²) >= 11 is 0. The summed E-state index contributed by atoms with van der Waals surface area (Å²) < 4.78 is 188. The lowest BCUT2D eigenvalue weighted by Gasteiger charge is -2.52. The summed E-state index contributed by atoms with van der Waals surface area (Å²) in [6.45, 7) is 8.93. The van der Waals surface area contributed by atoms with Crippen molar-refractivity contribution in [2.24, 2.45) is 0 Å². The van der Waals surface area contributed by atoms with E-state index < -0.39 is 154 Å². The zero-order valence-electron chi connectivity index (χ0n) is 58.2. The first kappa shape index (κ1) is 82.9. The van der Waals surface area contributed by atoms with Gasteiger partial charge in [-0.2, -0.15) is 0 Å². The van der Waals surface area contributed by atoms with Gasteiger partial charge >= 0.3 is 0 Å². The molecule has 0 aliphatic carbocycles. The van der Waals surface area contributed by atoms with Gasteiger partial charge in [-0.1, -0.05) is 0 Å². The molecule has 5 fully saturated rings. The average Bonchev–Trinajstić information content (AvgIpc) is 0.776. The fraction of sp³-hybridized carbons (Fsp3) is 0.984. The smallest absolute Gasteiger partial charge is 0.246 e. The number of ether oxygens (including phenoxy) is 31. The van der Waals surface area contributed by atoms with Gasteiger partial charge in [0.2, 0.25) is 5.91 Å². The highest BCUT2D eigenvalue weighted by atomic mass is 16.8. The van der Waals surface area contributed by atoms with Crippen LogP contribution in [0.4, 0.5) is 0 Å². The van der Waals surface area contributed by atoms with E-state index in [0.29, 0.717) is 79.2 Å². The van der Waals surface area contributed by atoms with Crippen LogP contribution in [-0.2, 0) is 152 Å². The molecule has 0 bridgehead atoms. The summed E-state index contributed by atoms with van der Waals surface area (Å²) in [7, 11) is 23.2. The lowest BCUT2D eigenvalue weighted by molar-refractivity contribution is -0.396. The quantitative estimate of drug-likeness (QED) is 0.0727. The zero-order chi connectivity index (χ0) is 68.4. The maximum Gasteiger partial charge on any atom is 0.246 e. The van der Waals surface area contributed by atoms with Crippen LogP contribution in [0.15, 0.2) is 0 Å². The molecular formula is C61H113NO32. The molecule has 1 amide bonds. The van der Waals surface area contributed by atoms with E-state index in [-0.39, 0.29) is 45.5 Å². The van der Waals surface area contributed by atoms with Crippen molar-refractivity contribution in [3.63, 3.8) is 0 Å². The Hall–Kier alpha value is -1.77. The van der Waals surface area contributed by atoms with E-state index in [2.05, 4.69) is 5.32 Å². The van der Waals surface area contributed by atoms with Crippen LogP contribution < -0.4 is 5.32 Å². The molecule has 0 aromatic carbocycles. The molecule has 5 aliphatic heterocycles.